The summed E-state index contributed by atoms with van der Waals surface area (Å²) in [7, 11) is 1.51. The predicted molar refractivity (Wildman–Crippen MR) is 64.7 cm³/mol. The van der Waals surface area contributed by atoms with Gasteiger partial charge >= 0.3 is 5.97 Å². The van der Waals surface area contributed by atoms with E-state index in [0.29, 0.717) is 13.0 Å². The van der Waals surface area contributed by atoms with Crippen LogP contribution in [0.4, 0.5) is 5.82 Å². The highest BCUT2D eigenvalue weighted by atomic mass is 16.5. The molecule has 102 valence electrons. The molecule has 1 amide bonds. The summed E-state index contributed by atoms with van der Waals surface area (Å²) in [6, 6.07) is -0.806. The number of hydrogen-bond acceptors (Lipinski definition) is 6. The zero-order valence-electron chi connectivity index (χ0n) is 10.3. The van der Waals surface area contributed by atoms with Crippen LogP contribution in [-0.2, 0) is 9.53 Å². The molecule has 0 saturated carbocycles. The largest absolute Gasteiger partial charge is 0.480 e. The Morgan fingerprint density at radius 1 is 1.47 bits per heavy atom. The van der Waals surface area contributed by atoms with E-state index in [2.05, 4.69) is 9.97 Å². The van der Waals surface area contributed by atoms with Gasteiger partial charge in [-0.3, -0.25) is 4.79 Å². The zero-order valence-corrected chi connectivity index (χ0v) is 10.3. The van der Waals surface area contributed by atoms with Gasteiger partial charge in [0.25, 0.3) is 5.91 Å². The van der Waals surface area contributed by atoms with E-state index in [0.717, 1.165) is 0 Å². The number of methoxy groups -OCH3 is 1. The number of ether oxygens (including phenoxy) is 1. The Hall–Kier alpha value is -2.22. The Morgan fingerprint density at radius 2 is 2.16 bits per heavy atom. The number of nitrogens with two attached hydrogens (primary N) is 1. The molecular weight excluding hydrogens is 252 g/mol. The van der Waals surface area contributed by atoms with Crippen LogP contribution in [0, 0.1) is 0 Å². The zero-order chi connectivity index (χ0) is 14.0. The average Bonchev–Trinajstić information content (AvgIpc) is 2.83. The molecule has 0 aromatic carbocycles. The number of aliphatic carboxylic acids is 1. The fourth-order valence-corrected chi connectivity index (χ4v) is 2.15. The van der Waals surface area contributed by atoms with Gasteiger partial charge in [-0.15, -0.1) is 0 Å². The van der Waals surface area contributed by atoms with Gasteiger partial charge in [0.1, 0.15) is 6.04 Å². The van der Waals surface area contributed by atoms with Crippen LogP contribution in [0.15, 0.2) is 12.4 Å². The first-order valence-electron chi connectivity index (χ1n) is 5.67. The minimum Gasteiger partial charge on any atom is -0.480 e. The third kappa shape index (κ3) is 2.48. The highest BCUT2D eigenvalue weighted by Gasteiger charge is 2.39. The summed E-state index contributed by atoms with van der Waals surface area (Å²) in [6.45, 7) is 0.326. The lowest BCUT2D eigenvalue weighted by Gasteiger charge is -2.23. The SMILES string of the molecule is COC1CC(C(=O)O)N(c2nccnc2C(N)=O)C1. The van der Waals surface area contributed by atoms with Crippen molar-refractivity contribution in [1.29, 1.82) is 0 Å². The minimum atomic E-state index is -0.999. The number of rotatable bonds is 4. The molecule has 3 N–H and O–H groups in total. The molecule has 8 nitrogen and oxygen atoms in total. The minimum absolute atomic E-state index is 0.0366. The third-order valence-electron chi connectivity index (χ3n) is 3.07. The number of carboxylic acids is 1. The van der Waals surface area contributed by atoms with Crippen LogP contribution in [0.2, 0.25) is 0 Å². The number of carbonyl (C=O) groups is 2. The van der Waals surface area contributed by atoms with E-state index in [-0.39, 0.29) is 17.6 Å². The number of amides is 1. The van der Waals surface area contributed by atoms with Crippen LogP contribution < -0.4 is 10.6 Å². The maximum absolute atomic E-state index is 11.3. The molecule has 2 heterocycles. The lowest BCUT2D eigenvalue weighted by Crippen LogP contribution is -2.38. The lowest BCUT2D eigenvalue weighted by molar-refractivity contribution is -0.138. The van der Waals surface area contributed by atoms with Crippen LogP contribution in [0.5, 0.6) is 0 Å². The summed E-state index contributed by atoms with van der Waals surface area (Å²) in [5.41, 5.74) is 5.19. The number of carbonyl (C=O) groups excluding carboxylic acids is 1. The topological polar surface area (TPSA) is 119 Å². The fraction of sp³-hybridized carbons (Fsp3) is 0.455. The lowest BCUT2D eigenvalue weighted by atomic mass is 10.2. The van der Waals surface area contributed by atoms with Gasteiger partial charge in [0.05, 0.1) is 6.10 Å². The Labute approximate surface area is 109 Å². The van der Waals surface area contributed by atoms with Crippen molar-refractivity contribution in [2.45, 2.75) is 18.6 Å². The summed E-state index contributed by atoms with van der Waals surface area (Å²) in [5.74, 6) is -1.56. The van der Waals surface area contributed by atoms with Crippen molar-refractivity contribution in [2.24, 2.45) is 5.73 Å². The second-order valence-electron chi connectivity index (χ2n) is 4.19. The van der Waals surface area contributed by atoms with Gasteiger partial charge in [0.2, 0.25) is 0 Å². The fourth-order valence-electron chi connectivity index (χ4n) is 2.15. The number of aromatic nitrogens is 2. The van der Waals surface area contributed by atoms with E-state index in [9.17, 15) is 14.7 Å². The van der Waals surface area contributed by atoms with Crippen molar-refractivity contribution in [3.63, 3.8) is 0 Å². The van der Waals surface area contributed by atoms with Gasteiger partial charge in [-0.25, -0.2) is 14.8 Å². The van der Waals surface area contributed by atoms with Crippen LogP contribution in [0.3, 0.4) is 0 Å². The summed E-state index contributed by atoms with van der Waals surface area (Å²) >= 11 is 0. The average molecular weight is 266 g/mol. The van der Waals surface area contributed by atoms with E-state index in [4.69, 9.17) is 10.5 Å². The summed E-state index contributed by atoms with van der Waals surface area (Å²) in [5, 5.41) is 9.23. The molecular formula is C11H14N4O4. The van der Waals surface area contributed by atoms with Gasteiger partial charge in [-0.05, 0) is 0 Å². The Bertz CT molecular complexity index is 507. The normalized spacial score (nSPS) is 22.5. The summed E-state index contributed by atoms with van der Waals surface area (Å²) < 4.78 is 5.17. The molecule has 1 aliphatic rings. The van der Waals surface area contributed by atoms with Gasteiger partial charge in [-0.2, -0.15) is 0 Å². The molecule has 0 radical (unpaired) electrons. The molecule has 1 aromatic rings. The van der Waals surface area contributed by atoms with Crippen molar-refractivity contribution in [3.8, 4) is 0 Å². The van der Waals surface area contributed by atoms with E-state index in [1.165, 1.54) is 24.4 Å². The molecule has 1 fully saturated rings. The Morgan fingerprint density at radius 3 is 2.74 bits per heavy atom. The van der Waals surface area contributed by atoms with Gasteiger partial charge in [-0.1, -0.05) is 0 Å². The molecule has 0 aliphatic carbocycles. The van der Waals surface area contributed by atoms with E-state index >= 15 is 0 Å². The first-order valence-corrected chi connectivity index (χ1v) is 5.67. The molecule has 19 heavy (non-hydrogen) atoms. The smallest absolute Gasteiger partial charge is 0.326 e. The second-order valence-corrected chi connectivity index (χ2v) is 4.19. The van der Waals surface area contributed by atoms with Crippen LogP contribution in [0.25, 0.3) is 0 Å². The Kier molecular flexibility index (Phi) is 3.61. The van der Waals surface area contributed by atoms with Gasteiger partial charge in [0, 0.05) is 32.5 Å². The van der Waals surface area contributed by atoms with Gasteiger partial charge in [0.15, 0.2) is 11.5 Å². The van der Waals surface area contributed by atoms with Crippen LogP contribution >= 0.6 is 0 Å². The molecule has 1 saturated heterocycles. The van der Waals surface area contributed by atoms with E-state index in [1.54, 1.807) is 0 Å². The molecule has 2 rings (SSSR count). The molecule has 2 atom stereocenters. The standard InChI is InChI=1S/C11H14N4O4/c1-19-6-4-7(11(17)18)15(5-6)10-8(9(12)16)13-2-3-14-10/h2-3,6-7H,4-5H2,1H3,(H2,12,16)(H,17,18). The third-order valence-corrected chi connectivity index (χ3v) is 3.07. The van der Waals surface area contributed by atoms with Crippen LogP contribution in [0.1, 0.15) is 16.9 Å². The number of nitrogens with zero attached hydrogens (tertiary/aromatic N) is 3. The maximum Gasteiger partial charge on any atom is 0.326 e. The monoisotopic (exact) mass is 266 g/mol. The van der Waals surface area contributed by atoms with Gasteiger partial charge < -0.3 is 20.5 Å². The number of carboxylic acid groups (broad SMARTS) is 1. The first-order chi connectivity index (χ1) is 9.04. The van der Waals surface area contributed by atoms with E-state index in [1.807, 2.05) is 0 Å². The maximum atomic E-state index is 11.3. The Balaban J connectivity index is 2.39. The van der Waals surface area contributed by atoms with Crippen molar-refractivity contribution in [2.75, 3.05) is 18.6 Å². The molecule has 1 aliphatic heterocycles. The quantitative estimate of drug-likeness (QED) is 0.736. The molecule has 2 unspecified atom stereocenters. The van der Waals surface area contributed by atoms with Crippen LogP contribution in [-0.4, -0.2) is 52.8 Å². The van der Waals surface area contributed by atoms with Crippen molar-refractivity contribution in [3.05, 3.63) is 18.1 Å². The number of primary amides is 1. The second kappa shape index (κ2) is 5.19. The van der Waals surface area contributed by atoms with Crippen molar-refractivity contribution < 1.29 is 19.4 Å². The molecule has 1 aromatic heterocycles. The highest BCUT2D eigenvalue weighted by Crippen LogP contribution is 2.27. The van der Waals surface area contributed by atoms with Crippen molar-refractivity contribution >= 4 is 17.7 Å². The summed E-state index contributed by atoms with van der Waals surface area (Å²) in [6.07, 6.45) is 2.81. The number of hydrogen-bond donors (Lipinski definition) is 2. The van der Waals surface area contributed by atoms with Crippen molar-refractivity contribution in [1.82, 2.24) is 9.97 Å². The first kappa shape index (κ1) is 13.2. The molecule has 0 spiro atoms. The van der Waals surface area contributed by atoms with E-state index < -0.39 is 17.9 Å². The molecule has 0 bridgehead atoms. The highest BCUT2D eigenvalue weighted by molar-refractivity contribution is 5.96. The number of anilines is 1. The molecule has 8 heteroatoms. The summed E-state index contributed by atoms with van der Waals surface area (Å²) in [4.78, 5) is 32.0. The predicted octanol–water partition coefficient (Wildman–Crippen LogP) is -0.746.